The van der Waals surface area contributed by atoms with Crippen LogP contribution in [0.2, 0.25) is 0 Å². The van der Waals surface area contributed by atoms with Crippen LogP contribution in [0, 0.1) is 0 Å². The number of nitrogens with zero attached hydrogens (tertiary/aromatic N) is 1. The molecule has 0 atom stereocenters. The second-order valence-corrected chi connectivity index (χ2v) is 13.8. The Morgan fingerprint density at radius 2 is 1.36 bits per heavy atom. The van der Waals surface area contributed by atoms with Gasteiger partial charge in [0.05, 0.1) is 16.9 Å². The van der Waals surface area contributed by atoms with Crippen molar-refractivity contribution in [1.29, 1.82) is 0 Å². The second kappa shape index (κ2) is 8.74. The van der Waals surface area contributed by atoms with E-state index in [1.165, 1.54) is 71.6 Å². The van der Waals surface area contributed by atoms with Crippen LogP contribution in [0.4, 0.5) is 17.1 Å². The molecular weight excluding hydrogens is 571 g/mol. The highest BCUT2D eigenvalue weighted by Gasteiger charge is 2.42. The van der Waals surface area contributed by atoms with Crippen LogP contribution in [0.5, 0.6) is 0 Å². The van der Waals surface area contributed by atoms with Crippen LogP contribution in [-0.2, 0) is 5.41 Å². The first-order chi connectivity index (χ1) is 23.1. The lowest BCUT2D eigenvalue weighted by atomic mass is 9.55. The number of H-pyrrole nitrogens is 1. The average Bonchev–Trinajstić information content (AvgIpc) is 3.66. The summed E-state index contributed by atoms with van der Waals surface area (Å²) in [4.78, 5) is 6.40. The lowest BCUT2D eigenvalue weighted by Gasteiger charge is -2.45. The van der Waals surface area contributed by atoms with Crippen molar-refractivity contribution in [3.05, 3.63) is 139 Å². The number of aromatic nitrogens is 1. The highest BCUT2D eigenvalue weighted by atomic mass is 16.3. The molecule has 0 unspecified atom stereocenters. The topological polar surface area (TPSA) is 32.2 Å². The van der Waals surface area contributed by atoms with Gasteiger partial charge in [0.25, 0.3) is 0 Å². The minimum absolute atomic E-state index is 0.125. The van der Waals surface area contributed by atoms with Crippen molar-refractivity contribution in [2.75, 3.05) is 4.90 Å². The molecule has 9 aromatic rings. The maximum atomic E-state index is 6.85. The molecule has 0 saturated carbocycles. The van der Waals surface area contributed by atoms with Crippen LogP contribution in [0.15, 0.2) is 132 Å². The molecule has 11 rings (SSSR count). The molecule has 0 saturated heterocycles. The van der Waals surface area contributed by atoms with Gasteiger partial charge in [-0.15, -0.1) is 0 Å². The van der Waals surface area contributed by atoms with E-state index in [1.807, 2.05) is 0 Å². The summed E-state index contributed by atoms with van der Waals surface area (Å²) < 4.78 is 6.85. The van der Waals surface area contributed by atoms with Gasteiger partial charge in [0.15, 0.2) is 12.9 Å². The first-order valence-electron chi connectivity index (χ1n) is 16.5. The van der Waals surface area contributed by atoms with Gasteiger partial charge in [0.1, 0.15) is 5.58 Å². The molecular formula is C43H29BN2O. The molecule has 7 aromatic carbocycles. The fourth-order valence-corrected chi connectivity index (χ4v) is 8.76. The third kappa shape index (κ3) is 3.22. The first kappa shape index (κ1) is 25.5. The molecule has 47 heavy (non-hydrogen) atoms. The number of anilines is 3. The van der Waals surface area contributed by atoms with E-state index in [4.69, 9.17) is 4.42 Å². The molecule has 0 aliphatic carbocycles. The zero-order valence-electron chi connectivity index (χ0n) is 26.2. The van der Waals surface area contributed by atoms with Gasteiger partial charge in [-0.1, -0.05) is 116 Å². The summed E-state index contributed by atoms with van der Waals surface area (Å²) in [5.74, 6) is 0. The minimum atomic E-state index is -0.125. The quantitative estimate of drug-likeness (QED) is 0.190. The van der Waals surface area contributed by atoms with Crippen LogP contribution in [0.3, 0.4) is 0 Å². The van der Waals surface area contributed by atoms with Crippen molar-refractivity contribution >= 4 is 89.8 Å². The first-order valence-corrected chi connectivity index (χ1v) is 16.5. The van der Waals surface area contributed by atoms with Crippen LogP contribution >= 0.6 is 0 Å². The van der Waals surface area contributed by atoms with Crippen molar-refractivity contribution in [3.63, 3.8) is 0 Å². The molecule has 2 aliphatic heterocycles. The van der Waals surface area contributed by atoms with E-state index in [2.05, 4.69) is 151 Å². The molecule has 0 bridgehead atoms. The van der Waals surface area contributed by atoms with Gasteiger partial charge in [0, 0.05) is 43.7 Å². The molecule has 0 radical (unpaired) electrons. The van der Waals surface area contributed by atoms with Gasteiger partial charge in [-0.3, -0.25) is 0 Å². The number of furan rings is 1. The molecule has 1 N–H and O–H groups in total. The standard InChI is InChI=1S/C43H29BN2O/c1-43(2)32-16-6-7-19-36(32)46-40-33(43)17-10-18-34(40)44-38-30(23-31-26-13-5-8-20-37(26)47-42(31)41(38)46)28-15-9-14-27-29-21-24-11-3-4-12-25(24)22-35(29)45-39(27)28/h3-23,44-45H,1-2H3. The summed E-state index contributed by atoms with van der Waals surface area (Å²) in [6, 6.07) is 46.7. The largest absolute Gasteiger partial charge is 0.454 e. The van der Waals surface area contributed by atoms with E-state index in [0.29, 0.717) is 0 Å². The van der Waals surface area contributed by atoms with Crippen LogP contribution in [-0.4, -0.2) is 12.3 Å². The number of hydrogen-bond acceptors (Lipinski definition) is 2. The lowest BCUT2D eigenvalue weighted by Crippen LogP contribution is -2.45. The average molecular weight is 601 g/mol. The maximum Gasteiger partial charge on any atom is 0.198 e. The van der Waals surface area contributed by atoms with Crippen molar-refractivity contribution in [3.8, 4) is 11.1 Å². The van der Waals surface area contributed by atoms with Gasteiger partial charge in [-0.25, -0.2) is 0 Å². The molecule has 4 heterocycles. The molecule has 2 aromatic heterocycles. The lowest BCUT2D eigenvalue weighted by molar-refractivity contribution is 0.631. The smallest absolute Gasteiger partial charge is 0.198 e. The summed E-state index contributed by atoms with van der Waals surface area (Å²) in [5.41, 5.74) is 15.6. The number of fused-ring (bicyclic) bond motifs is 12. The van der Waals surface area contributed by atoms with Crippen LogP contribution in [0.1, 0.15) is 25.0 Å². The molecule has 0 spiro atoms. The van der Waals surface area contributed by atoms with E-state index in [1.54, 1.807) is 0 Å². The summed E-state index contributed by atoms with van der Waals surface area (Å²) in [6.07, 6.45) is 0. The van der Waals surface area contributed by atoms with E-state index >= 15 is 0 Å². The highest BCUT2D eigenvalue weighted by Crippen LogP contribution is 2.54. The highest BCUT2D eigenvalue weighted by molar-refractivity contribution is 6.74. The molecule has 0 fully saturated rings. The monoisotopic (exact) mass is 600 g/mol. The van der Waals surface area contributed by atoms with Crippen LogP contribution < -0.4 is 15.8 Å². The fraction of sp³-hybridized carbons (Fsp3) is 0.0698. The minimum Gasteiger partial charge on any atom is -0.454 e. The zero-order chi connectivity index (χ0) is 31.0. The number of para-hydroxylation sites is 4. The Hall–Kier alpha value is -5.74. The van der Waals surface area contributed by atoms with Gasteiger partial charge >= 0.3 is 0 Å². The Morgan fingerprint density at radius 3 is 2.28 bits per heavy atom. The Balaban J connectivity index is 1.29. The molecule has 4 heteroatoms. The SMILES string of the molecule is CC1(C)c2ccccc2N2c3c(cccc31)Bc1c(-c3cccc4c3[nH]c3cc5ccccc5cc34)cc3c(oc4ccccc43)c12. The maximum absolute atomic E-state index is 6.85. The van der Waals surface area contributed by atoms with Crippen molar-refractivity contribution in [1.82, 2.24) is 4.98 Å². The van der Waals surface area contributed by atoms with Gasteiger partial charge < -0.3 is 14.3 Å². The predicted molar refractivity (Wildman–Crippen MR) is 199 cm³/mol. The second-order valence-electron chi connectivity index (χ2n) is 13.8. The third-order valence-electron chi connectivity index (χ3n) is 11.0. The Kier molecular flexibility index (Phi) is 4.74. The normalized spacial score (nSPS) is 14.5. The number of rotatable bonds is 1. The van der Waals surface area contributed by atoms with E-state index < -0.39 is 0 Å². The fourth-order valence-electron chi connectivity index (χ4n) is 8.76. The zero-order valence-corrected chi connectivity index (χ0v) is 26.2. The van der Waals surface area contributed by atoms with E-state index in [0.717, 1.165) is 40.4 Å². The molecule has 3 nitrogen and oxygen atoms in total. The number of benzene rings is 7. The number of aromatic amines is 1. The number of hydrogen-bond donors (Lipinski definition) is 1. The predicted octanol–water partition coefficient (Wildman–Crippen LogP) is 9.85. The summed E-state index contributed by atoms with van der Waals surface area (Å²) in [7, 11) is 0.829. The molecule has 220 valence electrons. The van der Waals surface area contributed by atoms with Gasteiger partial charge in [-0.05, 0) is 63.3 Å². The van der Waals surface area contributed by atoms with E-state index in [9.17, 15) is 0 Å². The van der Waals surface area contributed by atoms with Crippen molar-refractivity contribution in [2.45, 2.75) is 19.3 Å². The molecule has 0 amide bonds. The summed E-state index contributed by atoms with van der Waals surface area (Å²) >= 11 is 0. The Morgan fingerprint density at radius 1 is 0.617 bits per heavy atom. The third-order valence-corrected chi connectivity index (χ3v) is 11.0. The number of nitrogens with one attached hydrogen (secondary N) is 1. The van der Waals surface area contributed by atoms with Crippen LogP contribution in [0.25, 0.3) is 65.6 Å². The summed E-state index contributed by atoms with van der Waals surface area (Å²) in [6.45, 7) is 4.73. The Bertz CT molecular complexity index is 2820. The van der Waals surface area contributed by atoms with Crippen molar-refractivity contribution in [2.24, 2.45) is 0 Å². The van der Waals surface area contributed by atoms with Gasteiger partial charge in [-0.2, -0.15) is 0 Å². The van der Waals surface area contributed by atoms with Crippen molar-refractivity contribution < 1.29 is 4.42 Å². The Labute approximate surface area is 272 Å². The summed E-state index contributed by atoms with van der Waals surface area (Å²) in [5, 5.41) is 7.30. The van der Waals surface area contributed by atoms with E-state index in [-0.39, 0.29) is 5.41 Å². The van der Waals surface area contributed by atoms with Gasteiger partial charge in [0.2, 0.25) is 0 Å². The molecule has 2 aliphatic rings.